The minimum absolute atomic E-state index is 0.207. The predicted molar refractivity (Wildman–Crippen MR) is 101 cm³/mol. The van der Waals surface area contributed by atoms with Gasteiger partial charge >= 0.3 is 0 Å². The van der Waals surface area contributed by atoms with Crippen molar-refractivity contribution in [1.82, 2.24) is 9.97 Å². The van der Waals surface area contributed by atoms with Crippen LogP contribution in [0.2, 0.25) is 5.02 Å². The molecule has 0 aliphatic carbocycles. The smallest absolute Gasteiger partial charge is 0.274 e. The van der Waals surface area contributed by atoms with E-state index >= 15 is 0 Å². The van der Waals surface area contributed by atoms with Crippen LogP contribution < -0.4 is 10.6 Å². The minimum atomic E-state index is -0.369. The van der Waals surface area contributed by atoms with Crippen molar-refractivity contribution in [1.29, 1.82) is 5.26 Å². The van der Waals surface area contributed by atoms with Crippen molar-refractivity contribution in [2.24, 2.45) is 0 Å². The Hall–Kier alpha value is -3.43. The normalized spacial score (nSPS) is 10.0. The summed E-state index contributed by atoms with van der Waals surface area (Å²) in [5, 5.41) is 15.3. The molecule has 1 heterocycles. The number of nitrogens with one attached hydrogen (secondary N) is 2. The van der Waals surface area contributed by atoms with E-state index in [0.717, 1.165) is 5.56 Å². The van der Waals surface area contributed by atoms with Crippen LogP contribution >= 0.6 is 11.6 Å². The zero-order chi connectivity index (χ0) is 18.5. The number of rotatable bonds is 4. The van der Waals surface area contributed by atoms with Crippen molar-refractivity contribution in [3.63, 3.8) is 0 Å². The standard InChI is InChI=1S/C19H14ClN5O/c1-12-15(20)6-3-7-16(12)24-18(26)17-8-9-22-19(25-17)23-14-5-2-4-13(10-14)11-21/h2-10H,1H3,(H,24,26)(H,22,23,25). The number of carbonyl (C=O) groups excluding carboxylic acids is 1. The Labute approximate surface area is 155 Å². The van der Waals surface area contributed by atoms with Crippen LogP contribution in [0.25, 0.3) is 0 Å². The van der Waals surface area contributed by atoms with Gasteiger partial charge in [-0.3, -0.25) is 4.79 Å². The largest absolute Gasteiger partial charge is 0.324 e. The molecule has 7 heteroatoms. The zero-order valence-corrected chi connectivity index (χ0v) is 14.6. The molecule has 3 rings (SSSR count). The number of nitriles is 1. The second-order valence-corrected chi connectivity index (χ2v) is 5.86. The molecule has 2 N–H and O–H groups in total. The van der Waals surface area contributed by atoms with Crippen molar-refractivity contribution in [2.45, 2.75) is 6.92 Å². The van der Waals surface area contributed by atoms with E-state index in [1.807, 2.05) is 6.92 Å². The van der Waals surface area contributed by atoms with Gasteiger partial charge in [0, 0.05) is 22.6 Å². The maximum atomic E-state index is 12.5. The second-order valence-electron chi connectivity index (χ2n) is 5.45. The number of hydrogen-bond donors (Lipinski definition) is 2. The molecule has 0 aliphatic heterocycles. The minimum Gasteiger partial charge on any atom is -0.324 e. The Morgan fingerprint density at radius 1 is 1.19 bits per heavy atom. The molecule has 2 aromatic carbocycles. The highest BCUT2D eigenvalue weighted by Gasteiger charge is 2.12. The number of halogens is 1. The molecule has 0 unspecified atom stereocenters. The van der Waals surface area contributed by atoms with Gasteiger partial charge in [0.25, 0.3) is 5.91 Å². The summed E-state index contributed by atoms with van der Waals surface area (Å²) >= 11 is 6.07. The molecule has 3 aromatic rings. The Morgan fingerprint density at radius 2 is 2.00 bits per heavy atom. The molecule has 6 nitrogen and oxygen atoms in total. The summed E-state index contributed by atoms with van der Waals surface area (Å²) in [7, 11) is 0. The van der Waals surface area contributed by atoms with E-state index in [0.29, 0.717) is 22.0 Å². The molecule has 0 atom stereocenters. The third kappa shape index (κ3) is 3.97. The van der Waals surface area contributed by atoms with Gasteiger partial charge in [0.15, 0.2) is 0 Å². The SMILES string of the molecule is Cc1c(Cl)cccc1NC(=O)c1ccnc(Nc2cccc(C#N)c2)n1. The fourth-order valence-corrected chi connectivity index (χ4v) is 2.44. The third-order valence-electron chi connectivity index (χ3n) is 3.65. The summed E-state index contributed by atoms with van der Waals surface area (Å²) in [5.41, 5.74) is 2.78. The molecular weight excluding hydrogens is 350 g/mol. The first-order valence-corrected chi connectivity index (χ1v) is 8.11. The molecule has 0 saturated heterocycles. The van der Waals surface area contributed by atoms with Gasteiger partial charge in [0.1, 0.15) is 5.69 Å². The van der Waals surface area contributed by atoms with Gasteiger partial charge in [-0.05, 0) is 48.9 Å². The van der Waals surface area contributed by atoms with Crippen LogP contribution in [0.4, 0.5) is 17.3 Å². The van der Waals surface area contributed by atoms with Crippen LogP contribution in [0.1, 0.15) is 21.6 Å². The van der Waals surface area contributed by atoms with Crippen LogP contribution in [0.3, 0.4) is 0 Å². The summed E-state index contributed by atoms with van der Waals surface area (Å²) in [6.45, 7) is 1.83. The number of anilines is 3. The van der Waals surface area contributed by atoms with E-state index in [9.17, 15) is 4.79 Å². The summed E-state index contributed by atoms with van der Waals surface area (Å²) in [5.74, 6) is -0.109. The van der Waals surface area contributed by atoms with Crippen LogP contribution in [0.15, 0.2) is 54.7 Å². The fraction of sp³-hybridized carbons (Fsp3) is 0.0526. The highest BCUT2D eigenvalue weighted by Crippen LogP contribution is 2.23. The Kier molecular flexibility index (Phi) is 5.11. The molecule has 1 amide bonds. The van der Waals surface area contributed by atoms with E-state index in [1.54, 1.807) is 42.5 Å². The lowest BCUT2D eigenvalue weighted by Crippen LogP contribution is -2.15. The first-order chi connectivity index (χ1) is 12.6. The van der Waals surface area contributed by atoms with Crippen molar-refractivity contribution in [3.05, 3.63) is 76.6 Å². The van der Waals surface area contributed by atoms with Crippen LogP contribution in [-0.4, -0.2) is 15.9 Å². The van der Waals surface area contributed by atoms with E-state index < -0.39 is 0 Å². The number of aromatic nitrogens is 2. The lowest BCUT2D eigenvalue weighted by molar-refractivity contribution is 0.102. The van der Waals surface area contributed by atoms with Gasteiger partial charge in [0.2, 0.25) is 5.95 Å². The van der Waals surface area contributed by atoms with E-state index in [2.05, 4.69) is 26.7 Å². The fourth-order valence-electron chi connectivity index (χ4n) is 2.27. The Morgan fingerprint density at radius 3 is 2.81 bits per heavy atom. The van der Waals surface area contributed by atoms with Gasteiger partial charge in [-0.2, -0.15) is 5.26 Å². The van der Waals surface area contributed by atoms with Crippen LogP contribution in [0.5, 0.6) is 0 Å². The van der Waals surface area contributed by atoms with Gasteiger partial charge in [-0.25, -0.2) is 9.97 Å². The molecule has 0 fully saturated rings. The van der Waals surface area contributed by atoms with Crippen molar-refractivity contribution < 1.29 is 4.79 Å². The monoisotopic (exact) mass is 363 g/mol. The van der Waals surface area contributed by atoms with Crippen molar-refractivity contribution >= 4 is 34.8 Å². The maximum Gasteiger partial charge on any atom is 0.274 e. The summed E-state index contributed by atoms with van der Waals surface area (Å²) < 4.78 is 0. The molecule has 0 saturated carbocycles. The average molecular weight is 364 g/mol. The summed E-state index contributed by atoms with van der Waals surface area (Å²) in [6, 6.07) is 15.8. The molecule has 0 bridgehead atoms. The molecule has 0 radical (unpaired) electrons. The van der Waals surface area contributed by atoms with Crippen LogP contribution in [0, 0.1) is 18.3 Å². The topological polar surface area (TPSA) is 90.7 Å². The molecule has 0 spiro atoms. The third-order valence-corrected chi connectivity index (χ3v) is 4.06. The lowest BCUT2D eigenvalue weighted by Gasteiger charge is -2.10. The van der Waals surface area contributed by atoms with Gasteiger partial charge in [-0.1, -0.05) is 23.7 Å². The molecule has 128 valence electrons. The predicted octanol–water partition coefficient (Wildman–Crippen LogP) is 4.31. The maximum absolute atomic E-state index is 12.5. The molecule has 1 aromatic heterocycles. The van der Waals surface area contributed by atoms with E-state index in [-0.39, 0.29) is 17.5 Å². The van der Waals surface area contributed by atoms with Crippen LogP contribution in [-0.2, 0) is 0 Å². The van der Waals surface area contributed by atoms with Crippen molar-refractivity contribution in [2.75, 3.05) is 10.6 Å². The van der Waals surface area contributed by atoms with E-state index in [4.69, 9.17) is 16.9 Å². The first kappa shape index (κ1) is 17.4. The average Bonchev–Trinajstić information content (AvgIpc) is 2.66. The first-order valence-electron chi connectivity index (χ1n) is 7.73. The lowest BCUT2D eigenvalue weighted by atomic mass is 10.2. The number of nitrogens with zero attached hydrogens (tertiary/aromatic N) is 3. The molecular formula is C19H14ClN5O. The Bertz CT molecular complexity index is 1010. The second kappa shape index (κ2) is 7.64. The highest BCUT2D eigenvalue weighted by molar-refractivity contribution is 6.31. The van der Waals surface area contributed by atoms with Gasteiger partial charge < -0.3 is 10.6 Å². The number of hydrogen-bond acceptors (Lipinski definition) is 5. The van der Waals surface area contributed by atoms with Crippen molar-refractivity contribution in [3.8, 4) is 6.07 Å². The number of amides is 1. The number of benzene rings is 2. The van der Waals surface area contributed by atoms with Gasteiger partial charge in [-0.15, -0.1) is 0 Å². The summed E-state index contributed by atoms with van der Waals surface area (Å²) in [6.07, 6.45) is 1.49. The van der Waals surface area contributed by atoms with Gasteiger partial charge in [0.05, 0.1) is 11.6 Å². The summed E-state index contributed by atoms with van der Waals surface area (Å²) in [4.78, 5) is 20.8. The zero-order valence-electron chi connectivity index (χ0n) is 13.8. The van der Waals surface area contributed by atoms with E-state index in [1.165, 1.54) is 12.3 Å². The quantitative estimate of drug-likeness (QED) is 0.720. The number of carbonyl (C=O) groups is 1. The molecule has 26 heavy (non-hydrogen) atoms. The molecule has 0 aliphatic rings. The Balaban J connectivity index is 1.79. The highest BCUT2D eigenvalue weighted by atomic mass is 35.5.